The number of thiazole rings is 1. The van der Waals surface area contributed by atoms with Gasteiger partial charge in [0.25, 0.3) is 16.8 Å². The highest BCUT2D eigenvalue weighted by Crippen LogP contribution is 2.36. The monoisotopic (exact) mass is 619 g/mol. The van der Waals surface area contributed by atoms with Crippen LogP contribution < -0.4 is 25.2 Å². The van der Waals surface area contributed by atoms with E-state index in [1.807, 2.05) is 0 Å². The molecule has 2 aromatic heterocycles. The van der Waals surface area contributed by atoms with Gasteiger partial charge in [0, 0.05) is 34.4 Å². The fourth-order valence-corrected chi connectivity index (χ4v) is 6.64. The normalized spacial score (nSPS) is 14.7. The summed E-state index contributed by atoms with van der Waals surface area (Å²) in [7, 11) is 1.50. The number of hydrogen-bond donors (Lipinski definition) is 1. The Morgan fingerprint density at radius 2 is 1.98 bits per heavy atom. The molecule has 0 unspecified atom stereocenters. The van der Waals surface area contributed by atoms with Gasteiger partial charge in [0.15, 0.2) is 9.96 Å². The second-order valence-corrected chi connectivity index (χ2v) is 11.4. The van der Waals surface area contributed by atoms with Crippen LogP contribution in [0.4, 0.5) is 5.69 Å². The second-order valence-electron chi connectivity index (χ2n) is 9.32. The number of ether oxygens (including phenoxy) is 2. The van der Waals surface area contributed by atoms with Crippen molar-refractivity contribution in [1.29, 1.82) is 0 Å². The van der Waals surface area contributed by atoms with Gasteiger partial charge >= 0.3 is 5.97 Å². The molecule has 0 amide bonds. The molecular formula is C29H25N5O7S2. The van der Waals surface area contributed by atoms with E-state index in [1.165, 1.54) is 42.0 Å². The number of H-pyrrole nitrogens is 1. The summed E-state index contributed by atoms with van der Waals surface area (Å²) in [6.07, 6.45) is 1.54. The lowest BCUT2D eigenvalue weighted by atomic mass is 9.95. The van der Waals surface area contributed by atoms with Gasteiger partial charge in [-0.25, -0.2) is 14.8 Å². The third-order valence-electron chi connectivity index (χ3n) is 6.50. The molecule has 14 heteroatoms. The highest BCUT2D eigenvalue weighted by Gasteiger charge is 2.35. The summed E-state index contributed by atoms with van der Waals surface area (Å²) in [4.78, 5) is 62.8. The van der Waals surface area contributed by atoms with E-state index in [1.54, 1.807) is 45.0 Å². The van der Waals surface area contributed by atoms with Crippen molar-refractivity contribution in [2.75, 3.05) is 13.7 Å². The minimum absolute atomic E-state index is 0.132. The topological polar surface area (TPSA) is 159 Å². The molecule has 0 saturated carbocycles. The number of methoxy groups -OCH3 is 1. The quantitative estimate of drug-likeness (QED) is 0.135. The number of rotatable bonds is 8. The average molecular weight is 620 g/mol. The summed E-state index contributed by atoms with van der Waals surface area (Å²) < 4.78 is 12.6. The van der Waals surface area contributed by atoms with E-state index in [0.29, 0.717) is 43.1 Å². The number of fused-ring (bicyclic) bond motifs is 1. The summed E-state index contributed by atoms with van der Waals surface area (Å²) in [6, 6.07) is 11.7. The summed E-state index contributed by atoms with van der Waals surface area (Å²) in [5.74, 6) is -0.137. The van der Waals surface area contributed by atoms with Crippen molar-refractivity contribution in [3.8, 4) is 5.75 Å². The molecule has 1 N–H and O–H groups in total. The summed E-state index contributed by atoms with van der Waals surface area (Å²) in [5, 5.41) is 11.9. The molecule has 220 valence electrons. The highest BCUT2D eigenvalue weighted by molar-refractivity contribution is 7.99. The molecule has 0 bridgehead atoms. The Bertz CT molecular complexity index is 2040. The number of carbonyl (C=O) groups excluding carboxylic acids is 1. The highest BCUT2D eigenvalue weighted by atomic mass is 32.2. The van der Waals surface area contributed by atoms with E-state index in [-0.39, 0.29) is 28.0 Å². The van der Waals surface area contributed by atoms with Crippen molar-refractivity contribution < 1.29 is 19.2 Å². The molecule has 1 aliphatic heterocycles. The minimum atomic E-state index is -0.894. The van der Waals surface area contributed by atoms with Gasteiger partial charge in [-0.2, -0.15) is 0 Å². The Labute approximate surface area is 252 Å². The lowest BCUT2D eigenvalue weighted by molar-refractivity contribution is -0.384. The van der Waals surface area contributed by atoms with Gasteiger partial charge in [-0.1, -0.05) is 41.3 Å². The Kier molecular flexibility index (Phi) is 8.41. The Balaban J connectivity index is 1.73. The zero-order valence-corrected chi connectivity index (χ0v) is 25.1. The van der Waals surface area contributed by atoms with Gasteiger partial charge in [0.05, 0.1) is 34.4 Å². The minimum Gasteiger partial charge on any atom is -0.496 e. The van der Waals surface area contributed by atoms with Gasteiger partial charge < -0.3 is 14.5 Å². The first-order valence-corrected chi connectivity index (χ1v) is 14.6. The molecule has 2 aromatic carbocycles. The molecule has 3 heterocycles. The van der Waals surface area contributed by atoms with Crippen LogP contribution in [0.1, 0.15) is 36.7 Å². The van der Waals surface area contributed by atoms with Crippen molar-refractivity contribution in [1.82, 2.24) is 14.5 Å². The first kappa shape index (κ1) is 29.7. The zero-order valence-electron chi connectivity index (χ0n) is 23.4. The number of aromatic nitrogens is 3. The number of benzene rings is 2. The molecule has 0 fully saturated rings. The molecule has 12 nitrogen and oxygen atoms in total. The maximum absolute atomic E-state index is 14.1. The van der Waals surface area contributed by atoms with Crippen molar-refractivity contribution in [3.63, 3.8) is 0 Å². The van der Waals surface area contributed by atoms with E-state index in [0.717, 1.165) is 23.1 Å². The third-order valence-corrected chi connectivity index (χ3v) is 8.46. The molecule has 5 rings (SSSR count). The smallest absolute Gasteiger partial charge is 0.338 e. The summed E-state index contributed by atoms with van der Waals surface area (Å²) in [5.41, 5.74) is 1.05. The molecule has 0 saturated heterocycles. The van der Waals surface area contributed by atoms with Crippen LogP contribution in [0.15, 0.2) is 84.4 Å². The Morgan fingerprint density at radius 3 is 2.67 bits per heavy atom. The van der Waals surface area contributed by atoms with Gasteiger partial charge in [0.2, 0.25) is 0 Å². The fourth-order valence-electron chi connectivity index (χ4n) is 4.68. The van der Waals surface area contributed by atoms with E-state index >= 15 is 0 Å². The summed E-state index contributed by atoms with van der Waals surface area (Å²) in [6.45, 7) is 5.18. The van der Waals surface area contributed by atoms with E-state index in [2.05, 4.69) is 15.0 Å². The molecular weight excluding hydrogens is 594 g/mol. The van der Waals surface area contributed by atoms with Crippen molar-refractivity contribution in [2.24, 2.45) is 4.99 Å². The van der Waals surface area contributed by atoms with Gasteiger partial charge in [-0.15, -0.1) is 0 Å². The molecule has 0 radical (unpaired) electrons. The lowest BCUT2D eigenvalue weighted by Gasteiger charge is -2.25. The van der Waals surface area contributed by atoms with E-state index < -0.39 is 22.5 Å². The number of nitrogens with zero attached hydrogens (tertiary/aromatic N) is 4. The number of nitro benzene ring substituents is 1. The zero-order chi connectivity index (χ0) is 30.8. The van der Waals surface area contributed by atoms with Crippen LogP contribution in [0, 0.1) is 17.0 Å². The predicted molar refractivity (Wildman–Crippen MR) is 160 cm³/mol. The molecule has 4 aromatic rings. The Morgan fingerprint density at radius 1 is 1.21 bits per heavy atom. The fraction of sp³-hybridized carbons (Fsp3) is 0.207. The lowest BCUT2D eigenvalue weighted by Crippen LogP contribution is -2.40. The Hall–Kier alpha value is -4.82. The number of para-hydroxylation sites is 1. The molecule has 0 spiro atoms. The number of aryl methyl sites for hydroxylation is 1. The number of nitrogens with one attached hydrogen (secondary N) is 1. The largest absolute Gasteiger partial charge is 0.496 e. The van der Waals surface area contributed by atoms with E-state index in [9.17, 15) is 24.5 Å². The van der Waals surface area contributed by atoms with Crippen LogP contribution >= 0.6 is 23.1 Å². The number of hydrogen-bond acceptors (Lipinski definition) is 11. The van der Waals surface area contributed by atoms with Crippen LogP contribution in [-0.4, -0.2) is 39.1 Å². The standard InChI is InChI=1S/C29H25N5O7S2/c1-5-41-27(37)24-16(3)31-29-33(25(24)19-8-6-7-9-20(19)40-4)26(36)22(43-29)14-17-13-18(34(38)39)10-11-21(17)42-28-30-15(2)12-23(35)32-28/h6-14,25H,5H2,1-4H3,(H,30,32,35)/b22-14+/t25-/m1/s1. The number of allylic oxidation sites excluding steroid dienone is 1. The number of nitro groups is 1. The van der Waals surface area contributed by atoms with Crippen molar-refractivity contribution in [3.05, 3.63) is 117 Å². The van der Waals surface area contributed by atoms with Crippen LogP contribution in [0.5, 0.6) is 5.75 Å². The SMILES string of the molecule is CCOC(=O)C1=C(C)N=c2s/c(=C/c3cc([N+](=O)[O-])ccc3Sc3nc(C)cc(=O)[nH]3)c(=O)n2[C@@H]1c1ccccc1OC. The summed E-state index contributed by atoms with van der Waals surface area (Å²) >= 11 is 2.18. The van der Waals surface area contributed by atoms with Crippen molar-refractivity contribution in [2.45, 2.75) is 36.9 Å². The third kappa shape index (κ3) is 5.92. The first-order chi connectivity index (χ1) is 20.6. The number of non-ortho nitro benzene ring substituents is 1. The molecule has 1 atom stereocenters. The molecule has 43 heavy (non-hydrogen) atoms. The maximum Gasteiger partial charge on any atom is 0.338 e. The number of carbonyl (C=O) groups is 1. The average Bonchev–Trinajstić information content (AvgIpc) is 3.26. The van der Waals surface area contributed by atoms with Gasteiger partial charge in [0.1, 0.15) is 11.8 Å². The number of aromatic amines is 1. The molecule has 1 aliphatic rings. The number of esters is 1. The van der Waals surface area contributed by atoms with Crippen LogP contribution in [0.25, 0.3) is 6.08 Å². The van der Waals surface area contributed by atoms with Crippen LogP contribution in [-0.2, 0) is 9.53 Å². The van der Waals surface area contributed by atoms with E-state index in [4.69, 9.17) is 9.47 Å². The second kappa shape index (κ2) is 12.2. The van der Waals surface area contributed by atoms with Crippen LogP contribution in [0.3, 0.4) is 0 Å². The molecule has 0 aliphatic carbocycles. The van der Waals surface area contributed by atoms with Gasteiger partial charge in [-0.3, -0.25) is 24.3 Å². The van der Waals surface area contributed by atoms with Crippen LogP contribution in [0.2, 0.25) is 0 Å². The first-order valence-electron chi connectivity index (χ1n) is 13.0. The maximum atomic E-state index is 14.1. The predicted octanol–water partition coefficient (Wildman–Crippen LogP) is 3.26. The van der Waals surface area contributed by atoms with Crippen molar-refractivity contribution >= 4 is 40.8 Å². The van der Waals surface area contributed by atoms with Gasteiger partial charge in [-0.05, 0) is 44.5 Å².